The van der Waals surface area contributed by atoms with Crippen LogP contribution in [0.1, 0.15) is 245 Å². The SMILES string of the molecule is CCCCCCCC/C=C\CCCCCCCCCC(=O)OCC(COC(=O)CCCCCCC)OC(=O)CCCCCCCCCCCCCC. The summed E-state index contributed by atoms with van der Waals surface area (Å²) in [6, 6.07) is 0. The molecule has 1 atom stereocenters. The minimum absolute atomic E-state index is 0.0692. The third-order valence-electron chi connectivity index (χ3n) is 10.0. The van der Waals surface area contributed by atoms with Gasteiger partial charge in [-0.2, -0.15) is 0 Å². The molecule has 0 bridgehead atoms. The summed E-state index contributed by atoms with van der Waals surface area (Å²) >= 11 is 0. The summed E-state index contributed by atoms with van der Waals surface area (Å²) in [4.78, 5) is 37.4. The molecule has 0 aromatic carbocycles. The molecule has 0 aromatic rings. The highest BCUT2D eigenvalue weighted by Crippen LogP contribution is 2.15. The Kier molecular flexibility index (Phi) is 40.4. The van der Waals surface area contributed by atoms with Gasteiger partial charge < -0.3 is 14.2 Å². The Morgan fingerprint density at radius 2 is 0.635 bits per heavy atom. The molecular weight excluding hydrogens is 648 g/mol. The monoisotopic (exact) mass is 735 g/mol. The van der Waals surface area contributed by atoms with Gasteiger partial charge in [0.2, 0.25) is 0 Å². The van der Waals surface area contributed by atoms with E-state index in [1.165, 1.54) is 141 Å². The van der Waals surface area contributed by atoms with E-state index in [4.69, 9.17) is 14.2 Å². The molecule has 0 N–H and O–H groups in total. The smallest absolute Gasteiger partial charge is 0.306 e. The van der Waals surface area contributed by atoms with E-state index in [1.54, 1.807) is 0 Å². The molecule has 0 radical (unpaired) electrons. The van der Waals surface area contributed by atoms with Crippen LogP contribution in [0.3, 0.4) is 0 Å². The number of allylic oxidation sites excluding steroid dienone is 2. The normalized spacial score (nSPS) is 12.0. The largest absolute Gasteiger partial charge is 0.462 e. The zero-order chi connectivity index (χ0) is 38.0. The third kappa shape index (κ3) is 39.4. The highest BCUT2D eigenvalue weighted by Gasteiger charge is 2.19. The molecule has 1 unspecified atom stereocenters. The molecule has 0 aromatic heterocycles. The fourth-order valence-electron chi connectivity index (χ4n) is 6.55. The van der Waals surface area contributed by atoms with Crippen LogP contribution in [0.5, 0.6) is 0 Å². The van der Waals surface area contributed by atoms with E-state index in [0.29, 0.717) is 19.3 Å². The molecule has 306 valence electrons. The van der Waals surface area contributed by atoms with Crippen molar-refractivity contribution in [2.24, 2.45) is 0 Å². The van der Waals surface area contributed by atoms with Crippen molar-refractivity contribution < 1.29 is 28.6 Å². The molecular formula is C46H86O6. The fraction of sp³-hybridized carbons (Fsp3) is 0.891. The maximum Gasteiger partial charge on any atom is 0.306 e. The van der Waals surface area contributed by atoms with Crippen LogP contribution in [0.25, 0.3) is 0 Å². The molecule has 0 heterocycles. The van der Waals surface area contributed by atoms with Crippen molar-refractivity contribution in [2.75, 3.05) is 13.2 Å². The number of carbonyl (C=O) groups is 3. The zero-order valence-electron chi connectivity index (χ0n) is 34.8. The number of ether oxygens (including phenoxy) is 3. The topological polar surface area (TPSA) is 78.9 Å². The lowest BCUT2D eigenvalue weighted by Gasteiger charge is -2.18. The Morgan fingerprint density at radius 3 is 0.962 bits per heavy atom. The summed E-state index contributed by atoms with van der Waals surface area (Å²) in [5, 5.41) is 0. The van der Waals surface area contributed by atoms with Gasteiger partial charge >= 0.3 is 17.9 Å². The second-order valence-electron chi connectivity index (χ2n) is 15.3. The van der Waals surface area contributed by atoms with Gasteiger partial charge in [-0.15, -0.1) is 0 Å². The predicted molar refractivity (Wildman–Crippen MR) is 220 cm³/mol. The second kappa shape index (κ2) is 41.9. The van der Waals surface area contributed by atoms with Crippen molar-refractivity contribution in [3.63, 3.8) is 0 Å². The number of hydrogen-bond donors (Lipinski definition) is 0. The Morgan fingerprint density at radius 1 is 0.365 bits per heavy atom. The summed E-state index contributed by atoms with van der Waals surface area (Å²) in [7, 11) is 0. The van der Waals surface area contributed by atoms with Gasteiger partial charge in [0.15, 0.2) is 6.10 Å². The first-order valence-corrected chi connectivity index (χ1v) is 22.7. The van der Waals surface area contributed by atoms with Gasteiger partial charge in [0, 0.05) is 19.3 Å². The summed E-state index contributed by atoms with van der Waals surface area (Å²) in [6.07, 6.45) is 43.6. The molecule has 0 fully saturated rings. The minimum Gasteiger partial charge on any atom is -0.462 e. The fourth-order valence-corrected chi connectivity index (χ4v) is 6.55. The van der Waals surface area contributed by atoms with Gasteiger partial charge in [0.25, 0.3) is 0 Å². The lowest BCUT2D eigenvalue weighted by Crippen LogP contribution is -2.30. The van der Waals surface area contributed by atoms with E-state index >= 15 is 0 Å². The summed E-state index contributed by atoms with van der Waals surface area (Å²) in [6.45, 7) is 6.55. The molecule has 0 amide bonds. The van der Waals surface area contributed by atoms with Crippen molar-refractivity contribution >= 4 is 17.9 Å². The molecule has 0 saturated carbocycles. The van der Waals surface area contributed by atoms with Gasteiger partial charge in [-0.05, 0) is 44.9 Å². The highest BCUT2D eigenvalue weighted by molar-refractivity contribution is 5.71. The average molecular weight is 735 g/mol. The number of esters is 3. The number of hydrogen-bond acceptors (Lipinski definition) is 6. The molecule has 0 rings (SSSR count). The number of carbonyl (C=O) groups excluding carboxylic acids is 3. The van der Waals surface area contributed by atoms with Gasteiger partial charge in [0.05, 0.1) is 0 Å². The Labute approximate surface area is 322 Å². The van der Waals surface area contributed by atoms with E-state index in [-0.39, 0.29) is 31.1 Å². The maximum absolute atomic E-state index is 12.6. The van der Waals surface area contributed by atoms with Crippen LogP contribution >= 0.6 is 0 Å². The first-order valence-electron chi connectivity index (χ1n) is 22.7. The lowest BCUT2D eigenvalue weighted by molar-refractivity contribution is -0.167. The first-order chi connectivity index (χ1) is 25.5. The van der Waals surface area contributed by atoms with E-state index in [9.17, 15) is 14.4 Å². The Hall–Kier alpha value is -1.85. The number of rotatable bonds is 41. The van der Waals surface area contributed by atoms with E-state index in [0.717, 1.165) is 64.2 Å². The zero-order valence-corrected chi connectivity index (χ0v) is 34.8. The van der Waals surface area contributed by atoms with E-state index < -0.39 is 6.10 Å². The molecule has 0 aliphatic rings. The van der Waals surface area contributed by atoms with Crippen LogP contribution in [0.2, 0.25) is 0 Å². The minimum atomic E-state index is -0.761. The Balaban J connectivity index is 4.18. The third-order valence-corrected chi connectivity index (χ3v) is 10.0. The molecule has 6 heteroatoms. The van der Waals surface area contributed by atoms with E-state index in [2.05, 4.69) is 32.9 Å². The van der Waals surface area contributed by atoms with Crippen LogP contribution in [-0.4, -0.2) is 37.2 Å². The van der Waals surface area contributed by atoms with E-state index in [1.807, 2.05) is 0 Å². The molecule has 0 saturated heterocycles. The standard InChI is InChI=1S/C46H86O6/c1-4-7-10-13-15-17-19-21-22-23-24-25-27-28-30-33-36-39-45(48)51-42-43(41-50-44(47)38-35-32-12-9-6-3)52-46(49)40-37-34-31-29-26-20-18-16-14-11-8-5-2/h21-22,43H,4-20,23-42H2,1-3H3/b22-21-. The van der Waals surface area contributed by atoms with Gasteiger partial charge in [-0.3, -0.25) is 14.4 Å². The summed E-state index contributed by atoms with van der Waals surface area (Å²) in [5.74, 6) is -0.880. The van der Waals surface area contributed by atoms with Crippen LogP contribution < -0.4 is 0 Å². The molecule has 0 aliphatic carbocycles. The average Bonchev–Trinajstić information content (AvgIpc) is 3.14. The summed E-state index contributed by atoms with van der Waals surface area (Å²) in [5.41, 5.74) is 0. The first kappa shape index (κ1) is 50.1. The van der Waals surface area contributed by atoms with Crippen molar-refractivity contribution in [1.29, 1.82) is 0 Å². The van der Waals surface area contributed by atoms with Gasteiger partial charge in [-0.1, -0.05) is 193 Å². The van der Waals surface area contributed by atoms with Crippen LogP contribution in [0, 0.1) is 0 Å². The molecule has 52 heavy (non-hydrogen) atoms. The highest BCUT2D eigenvalue weighted by atomic mass is 16.6. The van der Waals surface area contributed by atoms with Crippen LogP contribution in [0.4, 0.5) is 0 Å². The van der Waals surface area contributed by atoms with Crippen molar-refractivity contribution in [1.82, 2.24) is 0 Å². The predicted octanol–water partition coefficient (Wildman–Crippen LogP) is 14.3. The quantitative estimate of drug-likeness (QED) is 0.0269. The van der Waals surface area contributed by atoms with Crippen molar-refractivity contribution in [3.05, 3.63) is 12.2 Å². The molecule has 6 nitrogen and oxygen atoms in total. The molecule has 0 aliphatic heterocycles. The van der Waals surface area contributed by atoms with Crippen molar-refractivity contribution in [3.8, 4) is 0 Å². The number of unbranched alkanes of at least 4 members (excludes halogenated alkanes) is 28. The molecule has 0 spiro atoms. The lowest BCUT2D eigenvalue weighted by atomic mass is 10.0. The van der Waals surface area contributed by atoms with Gasteiger partial charge in [0.1, 0.15) is 13.2 Å². The van der Waals surface area contributed by atoms with Crippen LogP contribution in [0.15, 0.2) is 12.2 Å². The maximum atomic E-state index is 12.6. The van der Waals surface area contributed by atoms with Crippen molar-refractivity contribution in [2.45, 2.75) is 252 Å². The van der Waals surface area contributed by atoms with Gasteiger partial charge in [-0.25, -0.2) is 0 Å². The van der Waals surface area contributed by atoms with Crippen LogP contribution in [-0.2, 0) is 28.6 Å². The second-order valence-corrected chi connectivity index (χ2v) is 15.3. The Bertz CT molecular complexity index is 809. The summed E-state index contributed by atoms with van der Waals surface area (Å²) < 4.78 is 16.6.